The zero-order valence-corrected chi connectivity index (χ0v) is 25.4. The van der Waals surface area contributed by atoms with Crippen molar-refractivity contribution in [2.45, 2.75) is 30.6 Å². The van der Waals surface area contributed by atoms with Crippen LogP contribution in [0.3, 0.4) is 0 Å². The van der Waals surface area contributed by atoms with Crippen molar-refractivity contribution in [1.82, 2.24) is 14.8 Å². The maximum atomic E-state index is 14.9. The molecule has 8 nitrogen and oxygen atoms in total. The second-order valence-corrected chi connectivity index (χ2v) is 12.7. The molecular weight excluding hydrogens is 611 g/mol. The van der Waals surface area contributed by atoms with E-state index in [-0.39, 0.29) is 10.6 Å². The van der Waals surface area contributed by atoms with Gasteiger partial charge in [0.05, 0.1) is 23.5 Å². The number of aromatic nitrogens is 3. The molecule has 3 aromatic carbocycles. The quantitative estimate of drug-likeness (QED) is 0.131. The Kier molecular flexibility index (Phi) is 8.15. The molecule has 1 unspecified atom stereocenters. The van der Waals surface area contributed by atoms with Gasteiger partial charge in [0.15, 0.2) is 22.5 Å². The van der Waals surface area contributed by atoms with Crippen molar-refractivity contribution in [3.8, 4) is 33.3 Å². The lowest BCUT2D eigenvalue weighted by Crippen LogP contribution is -2.07. The molecule has 3 N–H and O–H groups in total. The van der Waals surface area contributed by atoms with Crippen molar-refractivity contribution in [1.29, 1.82) is 0 Å². The molecule has 0 radical (unpaired) electrons. The highest BCUT2D eigenvalue weighted by Gasteiger charge is 2.29. The summed E-state index contributed by atoms with van der Waals surface area (Å²) in [7, 11) is -0.749. The highest BCUT2D eigenvalue weighted by atomic mass is 35.5. The van der Waals surface area contributed by atoms with Gasteiger partial charge in [-0.3, -0.25) is 0 Å². The lowest BCUT2D eigenvalue weighted by Gasteiger charge is -2.10. The zero-order chi connectivity index (χ0) is 30.2. The Bertz CT molecular complexity index is 1890. The predicted molar refractivity (Wildman–Crippen MR) is 166 cm³/mol. The lowest BCUT2D eigenvalue weighted by molar-refractivity contribution is 0.0691. The molecule has 43 heavy (non-hydrogen) atoms. The van der Waals surface area contributed by atoms with E-state index in [9.17, 15) is 18.5 Å². The fourth-order valence-electron chi connectivity index (χ4n) is 5.06. The largest absolute Gasteiger partial charge is 0.495 e. The van der Waals surface area contributed by atoms with E-state index in [4.69, 9.17) is 26.6 Å². The number of thiazole rings is 1. The Morgan fingerprint density at radius 3 is 2.58 bits per heavy atom. The average Bonchev–Trinajstić information content (AvgIpc) is 3.54. The van der Waals surface area contributed by atoms with E-state index in [1.165, 1.54) is 28.8 Å². The summed E-state index contributed by atoms with van der Waals surface area (Å²) in [6.45, 7) is 0. The van der Waals surface area contributed by atoms with Crippen LogP contribution in [0.4, 0.5) is 4.39 Å². The molecule has 1 atom stereocenters. The summed E-state index contributed by atoms with van der Waals surface area (Å²) >= 11 is 7.62. The first kappa shape index (κ1) is 29.2. The summed E-state index contributed by atoms with van der Waals surface area (Å²) in [5, 5.41) is 22.4. The van der Waals surface area contributed by atoms with Gasteiger partial charge >= 0.3 is 5.97 Å². The molecule has 1 saturated carbocycles. The molecular formula is C31H27ClFN4O4S2+. The third-order valence-electron chi connectivity index (χ3n) is 7.41. The van der Waals surface area contributed by atoms with Gasteiger partial charge < -0.3 is 9.84 Å². The van der Waals surface area contributed by atoms with Crippen LogP contribution in [0.15, 0.2) is 70.9 Å². The number of nitrogens with two attached hydrogens (primary N) is 1. The second-order valence-electron chi connectivity index (χ2n) is 10.4. The number of rotatable bonds is 10. The third kappa shape index (κ3) is 6.12. The van der Waals surface area contributed by atoms with Crippen molar-refractivity contribution >= 4 is 39.9 Å². The number of benzene rings is 3. The molecule has 2 aromatic heterocycles. The van der Waals surface area contributed by atoms with Crippen LogP contribution in [0.25, 0.3) is 27.5 Å². The number of halogens is 2. The lowest BCUT2D eigenvalue weighted by atomic mass is 9.95. The second kappa shape index (κ2) is 12.0. The number of hydrogen-bond acceptors (Lipinski definition) is 6. The van der Waals surface area contributed by atoms with E-state index in [1.54, 1.807) is 17.9 Å². The molecule has 6 rings (SSSR count). The van der Waals surface area contributed by atoms with Gasteiger partial charge in [0.25, 0.3) is 0 Å². The fourth-order valence-corrected chi connectivity index (χ4v) is 6.59. The van der Waals surface area contributed by atoms with Gasteiger partial charge in [0, 0.05) is 22.9 Å². The Hall–Kier alpha value is -3.90. The Labute approximate surface area is 258 Å². The molecule has 1 aliphatic rings. The summed E-state index contributed by atoms with van der Waals surface area (Å²) < 4.78 is 33.7. The van der Waals surface area contributed by atoms with Crippen molar-refractivity contribution in [2.24, 2.45) is 11.1 Å². The average molecular weight is 638 g/mol. The molecule has 12 heteroatoms. The van der Waals surface area contributed by atoms with E-state index in [0.717, 1.165) is 40.8 Å². The van der Waals surface area contributed by atoms with Gasteiger partial charge in [-0.25, -0.2) is 18.9 Å². The molecule has 0 bridgehead atoms. The molecule has 0 amide bonds. The molecule has 0 aliphatic heterocycles. The summed E-state index contributed by atoms with van der Waals surface area (Å²) in [4.78, 5) is 15.9. The monoisotopic (exact) mass is 637 g/mol. The van der Waals surface area contributed by atoms with E-state index in [1.807, 2.05) is 42.5 Å². The summed E-state index contributed by atoms with van der Waals surface area (Å²) in [5.41, 5.74) is 5.71. The van der Waals surface area contributed by atoms with Crippen LogP contribution in [0.2, 0.25) is 5.02 Å². The Morgan fingerprint density at radius 1 is 1.16 bits per heavy atom. The fraction of sp³-hybridized carbons (Fsp3) is 0.194. The minimum absolute atomic E-state index is 0.0253. The smallest absolute Gasteiger partial charge is 0.355 e. The van der Waals surface area contributed by atoms with Crippen LogP contribution in [0, 0.1) is 11.7 Å². The number of methoxy groups -OCH3 is 1. The first-order chi connectivity index (χ1) is 20.7. The number of carbonyl (C=O) groups is 1. The minimum Gasteiger partial charge on any atom is -0.495 e. The Balaban J connectivity index is 1.51. The van der Waals surface area contributed by atoms with Gasteiger partial charge in [-0.05, 0) is 72.2 Å². The number of hydrogen-bond donors (Lipinski definition) is 2. The molecule has 0 saturated heterocycles. The van der Waals surface area contributed by atoms with Gasteiger partial charge in [0.2, 0.25) is 10.0 Å². The number of aromatic carboxylic acids is 1. The Morgan fingerprint density at radius 2 is 1.93 bits per heavy atom. The maximum Gasteiger partial charge on any atom is 0.355 e. The normalized spacial score (nSPS) is 13.7. The number of thiol groups is 1. The van der Waals surface area contributed by atoms with Crippen molar-refractivity contribution in [3.63, 3.8) is 0 Å². The van der Waals surface area contributed by atoms with Gasteiger partial charge in [-0.2, -0.15) is 5.10 Å². The van der Waals surface area contributed by atoms with Crippen LogP contribution in [-0.4, -0.2) is 33.0 Å². The van der Waals surface area contributed by atoms with Crippen LogP contribution in [0.1, 0.15) is 40.2 Å². The highest BCUT2D eigenvalue weighted by molar-refractivity contribution is 7.82. The van der Waals surface area contributed by atoms with Crippen LogP contribution in [0.5, 0.6) is 5.75 Å². The number of ether oxygens (including phenoxy) is 1. The van der Waals surface area contributed by atoms with Crippen LogP contribution in [-0.2, 0) is 28.0 Å². The first-order valence-corrected chi connectivity index (χ1v) is 16.0. The summed E-state index contributed by atoms with van der Waals surface area (Å²) in [6.07, 6.45) is 3.22. The van der Waals surface area contributed by atoms with E-state index in [2.05, 4.69) is 4.98 Å². The molecule has 2 heterocycles. The summed E-state index contributed by atoms with van der Waals surface area (Å²) in [6, 6.07) is 18.0. The SMILES string of the molecule is COc1ccc(-c2cccc(-c3nn(-c4nc(C(=O)O)cs4)c(CC4CC4)c3Cc3ccc([SH+](N)=O)c(F)c3)c2)cc1Cl. The standard InChI is InChI=1S/C31H26ClFN4O4S2/c1-41-27-9-8-20(15-23(27)32)19-3-2-4-21(14-19)29-22(11-18-7-10-28(43(34)40)24(33)12-18)26(13-17-5-6-17)37(36-29)31-35-25(16-42-31)30(38)39/h2-4,7-10,12,14-17H,5-6,11,13H2,1H3,(H2,34,40)(H,38,39)/p+1. The third-order valence-corrected chi connectivity index (χ3v) is 9.36. The van der Waals surface area contributed by atoms with E-state index < -0.39 is 22.8 Å². The first-order valence-electron chi connectivity index (χ1n) is 13.5. The molecule has 1 fully saturated rings. The molecule has 5 aromatic rings. The number of nitrogens with zero attached hydrogens (tertiary/aromatic N) is 3. The van der Waals surface area contributed by atoms with E-state index in [0.29, 0.717) is 45.9 Å². The zero-order valence-electron chi connectivity index (χ0n) is 23.0. The van der Waals surface area contributed by atoms with Crippen LogP contribution >= 0.6 is 22.9 Å². The number of carboxylic acid groups (broad SMARTS) is 1. The predicted octanol–water partition coefficient (Wildman–Crippen LogP) is 6.63. The minimum atomic E-state index is -2.31. The molecule has 0 spiro atoms. The van der Waals surface area contributed by atoms with Crippen LogP contribution < -0.4 is 9.88 Å². The van der Waals surface area contributed by atoms with Gasteiger partial charge in [-0.1, -0.05) is 46.1 Å². The summed E-state index contributed by atoms with van der Waals surface area (Å²) in [5.74, 6) is -0.690. The highest BCUT2D eigenvalue weighted by Crippen LogP contribution is 2.39. The topological polar surface area (TPSA) is 120 Å². The van der Waals surface area contributed by atoms with Gasteiger partial charge in [-0.15, -0.1) is 16.5 Å². The number of carboxylic acids is 1. The van der Waals surface area contributed by atoms with Crippen molar-refractivity contribution < 1.29 is 23.2 Å². The maximum absolute atomic E-state index is 14.9. The van der Waals surface area contributed by atoms with Crippen molar-refractivity contribution in [3.05, 3.63) is 99.4 Å². The molecule has 220 valence electrons. The molecule has 1 aliphatic carbocycles. The van der Waals surface area contributed by atoms with Crippen molar-refractivity contribution in [2.75, 3.05) is 7.11 Å². The van der Waals surface area contributed by atoms with Gasteiger partial charge in [0.1, 0.15) is 5.75 Å². The van der Waals surface area contributed by atoms with E-state index >= 15 is 0 Å².